The second kappa shape index (κ2) is 5.28. The topological polar surface area (TPSA) is 89.9 Å². The van der Waals surface area contributed by atoms with E-state index in [9.17, 15) is 4.79 Å². The Bertz CT molecular complexity index is 596. The number of nitrogens with two attached hydrogens (primary N) is 1. The van der Waals surface area contributed by atoms with E-state index in [2.05, 4.69) is 15.5 Å². The maximum Gasteiger partial charge on any atom is 0.250 e. The Balaban J connectivity index is 1.88. The highest BCUT2D eigenvalue weighted by molar-refractivity contribution is 5.77. The van der Waals surface area contributed by atoms with Crippen molar-refractivity contribution in [1.82, 2.24) is 20.2 Å². The summed E-state index contributed by atoms with van der Waals surface area (Å²) in [5, 5.41) is 11.9. The number of piperidine rings is 1. The molecule has 1 amide bonds. The molecule has 3 rings (SSSR count). The zero-order valence-electron chi connectivity index (χ0n) is 11.0. The van der Waals surface area contributed by atoms with Crippen LogP contribution >= 0.6 is 0 Å². The van der Waals surface area contributed by atoms with Crippen LogP contribution in [-0.4, -0.2) is 39.2 Å². The number of amides is 1. The SMILES string of the molecule is NC(=O)[C@@H]1CCCN(c2nnnn2-c2ccccc2)C1. The number of rotatable bonds is 3. The van der Waals surface area contributed by atoms with Gasteiger partial charge in [-0.15, -0.1) is 0 Å². The van der Waals surface area contributed by atoms with Crippen LogP contribution in [0.5, 0.6) is 0 Å². The highest BCUT2D eigenvalue weighted by Crippen LogP contribution is 2.22. The first kappa shape index (κ1) is 12.6. The summed E-state index contributed by atoms with van der Waals surface area (Å²) in [6.07, 6.45) is 1.74. The van der Waals surface area contributed by atoms with Crippen LogP contribution in [-0.2, 0) is 4.79 Å². The molecule has 0 bridgehead atoms. The van der Waals surface area contributed by atoms with E-state index in [-0.39, 0.29) is 11.8 Å². The van der Waals surface area contributed by atoms with Gasteiger partial charge in [0, 0.05) is 13.1 Å². The molecule has 1 aliphatic heterocycles. The summed E-state index contributed by atoms with van der Waals surface area (Å²) >= 11 is 0. The van der Waals surface area contributed by atoms with E-state index in [0.29, 0.717) is 12.5 Å². The monoisotopic (exact) mass is 272 g/mol. The molecule has 2 heterocycles. The molecule has 0 radical (unpaired) electrons. The molecule has 2 N–H and O–H groups in total. The number of hydrogen-bond donors (Lipinski definition) is 1. The van der Waals surface area contributed by atoms with E-state index >= 15 is 0 Å². The van der Waals surface area contributed by atoms with Gasteiger partial charge in [-0.1, -0.05) is 23.3 Å². The molecule has 104 valence electrons. The molecule has 1 aromatic carbocycles. The number of hydrogen-bond acceptors (Lipinski definition) is 5. The van der Waals surface area contributed by atoms with Crippen molar-refractivity contribution in [2.45, 2.75) is 12.8 Å². The van der Waals surface area contributed by atoms with Crippen LogP contribution in [0.3, 0.4) is 0 Å². The first-order chi connectivity index (χ1) is 9.75. The number of tetrazole rings is 1. The first-order valence-corrected chi connectivity index (χ1v) is 6.64. The predicted octanol–water partition coefficient (Wildman–Crippen LogP) is 0.364. The number of nitrogens with zero attached hydrogens (tertiary/aromatic N) is 5. The number of carbonyl (C=O) groups is 1. The maximum absolute atomic E-state index is 11.4. The quantitative estimate of drug-likeness (QED) is 0.871. The Labute approximate surface area is 116 Å². The fourth-order valence-electron chi connectivity index (χ4n) is 2.51. The Morgan fingerprint density at radius 1 is 1.30 bits per heavy atom. The van der Waals surface area contributed by atoms with Crippen LogP contribution in [0, 0.1) is 5.92 Å². The average Bonchev–Trinajstić information content (AvgIpc) is 2.98. The van der Waals surface area contributed by atoms with Gasteiger partial charge in [-0.3, -0.25) is 4.79 Å². The second-order valence-corrected chi connectivity index (χ2v) is 4.91. The van der Waals surface area contributed by atoms with Gasteiger partial charge >= 0.3 is 0 Å². The van der Waals surface area contributed by atoms with Gasteiger partial charge < -0.3 is 10.6 Å². The minimum absolute atomic E-state index is 0.135. The van der Waals surface area contributed by atoms with Crippen molar-refractivity contribution >= 4 is 11.9 Å². The van der Waals surface area contributed by atoms with Crippen molar-refractivity contribution in [2.75, 3.05) is 18.0 Å². The van der Waals surface area contributed by atoms with Gasteiger partial charge in [-0.05, 0) is 35.4 Å². The summed E-state index contributed by atoms with van der Waals surface area (Å²) in [6.45, 7) is 1.40. The number of anilines is 1. The highest BCUT2D eigenvalue weighted by Gasteiger charge is 2.27. The van der Waals surface area contributed by atoms with Crippen LogP contribution in [0.4, 0.5) is 5.95 Å². The molecule has 0 unspecified atom stereocenters. The van der Waals surface area contributed by atoms with Crippen LogP contribution in [0.1, 0.15) is 12.8 Å². The van der Waals surface area contributed by atoms with Crippen LogP contribution in [0.2, 0.25) is 0 Å². The number of para-hydroxylation sites is 1. The Hall–Kier alpha value is -2.44. The van der Waals surface area contributed by atoms with Crippen molar-refractivity contribution in [1.29, 1.82) is 0 Å². The first-order valence-electron chi connectivity index (χ1n) is 6.64. The van der Waals surface area contributed by atoms with Crippen LogP contribution < -0.4 is 10.6 Å². The molecule has 7 nitrogen and oxygen atoms in total. The highest BCUT2D eigenvalue weighted by atomic mass is 16.1. The minimum atomic E-state index is -0.256. The van der Waals surface area contributed by atoms with Crippen LogP contribution in [0.25, 0.3) is 5.69 Å². The molecule has 1 aliphatic rings. The van der Waals surface area contributed by atoms with Crippen molar-refractivity contribution in [2.24, 2.45) is 11.7 Å². The molecule has 7 heteroatoms. The van der Waals surface area contributed by atoms with E-state index in [1.165, 1.54) is 0 Å². The lowest BCUT2D eigenvalue weighted by atomic mass is 9.98. The summed E-state index contributed by atoms with van der Waals surface area (Å²) in [4.78, 5) is 13.4. The summed E-state index contributed by atoms with van der Waals surface area (Å²) in [7, 11) is 0. The van der Waals surface area contributed by atoms with E-state index < -0.39 is 0 Å². The average molecular weight is 272 g/mol. The molecule has 1 aromatic heterocycles. The van der Waals surface area contributed by atoms with E-state index in [1.54, 1.807) is 4.68 Å². The maximum atomic E-state index is 11.4. The van der Waals surface area contributed by atoms with Gasteiger partial charge in [-0.25, -0.2) is 0 Å². The number of carbonyl (C=O) groups excluding carboxylic acids is 1. The molecule has 1 saturated heterocycles. The smallest absolute Gasteiger partial charge is 0.250 e. The van der Waals surface area contributed by atoms with Gasteiger partial charge in [-0.2, -0.15) is 4.68 Å². The lowest BCUT2D eigenvalue weighted by Gasteiger charge is -2.31. The zero-order valence-corrected chi connectivity index (χ0v) is 11.0. The largest absolute Gasteiger partial charge is 0.369 e. The fourth-order valence-corrected chi connectivity index (χ4v) is 2.51. The number of aromatic nitrogens is 4. The number of benzene rings is 1. The van der Waals surface area contributed by atoms with Crippen molar-refractivity contribution in [3.8, 4) is 5.69 Å². The minimum Gasteiger partial charge on any atom is -0.369 e. The summed E-state index contributed by atoms with van der Waals surface area (Å²) in [6, 6.07) is 9.69. The third kappa shape index (κ3) is 2.34. The van der Waals surface area contributed by atoms with E-state index in [0.717, 1.165) is 25.1 Å². The zero-order chi connectivity index (χ0) is 13.9. The van der Waals surface area contributed by atoms with Gasteiger partial charge in [0.2, 0.25) is 11.9 Å². The van der Waals surface area contributed by atoms with Crippen molar-refractivity contribution in [3.05, 3.63) is 30.3 Å². The molecular formula is C13H16N6O. The lowest BCUT2D eigenvalue weighted by Crippen LogP contribution is -2.42. The third-order valence-corrected chi connectivity index (χ3v) is 3.56. The Morgan fingerprint density at radius 2 is 2.10 bits per heavy atom. The van der Waals surface area contributed by atoms with Gasteiger partial charge in [0.1, 0.15) is 0 Å². The Kier molecular flexibility index (Phi) is 3.32. The summed E-state index contributed by atoms with van der Waals surface area (Å²) in [5.74, 6) is 0.264. The summed E-state index contributed by atoms with van der Waals surface area (Å²) in [5.41, 5.74) is 6.30. The Morgan fingerprint density at radius 3 is 2.85 bits per heavy atom. The predicted molar refractivity (Wildman–Crippen MR) is 73.3 cm³/mol. The molecular weight excluding hydrogens is 256 g/mol. The molecule has 1 fully saturated rings. The molecule has 1 atom stereocenters. The fraction of sp³-hybridized carbons (Fsp3) is 0.385. The van der Waals surface area contributed by atoms with E-state index in [4.69, 9.17) is 5.73 Å². The molecule has 0 saturated carbocycles. The van der Waals surface area contributed by atoms with Crippen molar-refractivity contribution < 1.29 is 4.79 Å². The standard InChI is InChI=1S/C13H16N6O/c14-12(20)10-5-4-8-18(9-10)13-15-16-17-19(13)11-6-2-1-3-7-11/h1-3,6-7,10H,4-5,8-9H2,(H2,14,20)/t10-/m1/s1. The van der Waals surface area contributed by atoms with Gasteiger partial charge in [0.25, 0.3) is 0 Å². The molecule has 2 aromatic rings. The lowest BCUT2D eigenvalue weighted by molar-refractivity contribution is -0.122. The van der Waals surface area contributed by atoms with Gasteiger partial charge in [0.15, 0.2) is 0 Å². The third-order valence-electron chi connectivity index (χ3n) is 3.56. The number of primary amides is 1. The second-order valence-electron chi connectivity index (χ2n) is 4.91. The molecule has 20 heavy (non-hydrogen) atoms. The summed E-state index contributed by atoms with van der Waals surface area (Å²) < 4.78 is 1.68. The van der Waals surface area contributed by atoms with Crippen molar-refractivity contribution in [3.63, 3.8) is 0 Å². The van der Waals surface area contributed by atoms with Crippen LogP contribution in [0.15, 0.2) is 30.3 Å². The normalized spacial score (nSPS) is 19.0. The molecule has 0 aliphatic carbocycles. The van der Waals surface area contributed by atoms with Gasteiger partial charge in [0.05, 0.1) is 11.6 Å². The molecule has 0 spiro atoms. The van der Waals surface area contributed by atoms with E-state index in [1.807, 2.05) is 35.2 Å².